The van der Waals surface area contributed by atoms with Crippen LogP contribution in [0.3, 0.4) is 0 Å². The van der Waals surface area contributed by atoms with Crippen LogP contribution in [0.15, 0.2) is 17.3 Å². The van der Waals surface area contributed by atoms with Gasteiger partial charge in [0.05, 0.1) is 21.5 Å². The molecule has 1 heterocycles. The number of hydrogen-bond donors (Lipinski definition) is 2. The van der Waals surface area contributed by atoms with Gasteiger partial charge in [0.2, 0.25) is 0 Å². The van der Waals surface area contributed by atoms with E-state index in [0.29, 0.717) is 10.7 Å². The van der Waals surface area contributed by atoms with Gasteiger partial charge in [0.25, 0.3) is 0 Å². The first kappa shape index (κ1) is 16.4. The van der Waals surface area contributed by atoms with Crippen molar-refractivity contribution in [3.05, 3.63) is 33.0 Å². The molecule has 0 unspecified atom stereocenters. The second kappa shape index (κ2) is 6.85. The Labute approximate surface area is 138 Å². The smallest absolute Gasteiger partial charge is 0.313 e. The first-order valence-corrected chi connectivity index (χ1v) is 7.60. The van der Waals surface area contributed by atoms with Gasteiger partial charge in [-0.2, -0.15) is 0 Å². The highest BCUT2D eigenvalue weighted by atomic mass is 35.5. The number of carboxylic acid groups (broad SMARTS) is 1. The lowest BCUT2D eigenvalue weighted by Gasteiger charge is -2.12. The van der Waals surface area contributed by atoms with E-state index in [4.69, 9.17) is 39.9 Å². The van der Waals surface area contributed by atoms with E-state index < -0.39 is 12.6 Å². The highest BCUT2D eigenvalue weighted by Crippen LogP contribution is 2.35. The zero-order valence-corrected chi connectivity index (χ0v) is 13.3. The van der Waals surface area contributed by atoms with Crippen LogP contribution in [0.5, 0.6) is 0 Å². The molecule has 0 aliphatic rings. The Morgan fingerprint density at radius 1 is 1.24 bits per heavy atom. The molecule has 0 bridgehead atoms. The fourth-order valence-corrected chi connectivity index (χ4v) is 3.26. The highest BCUT2D eigenvalue weighted by molar-refractivity contribution is 7.99. The van der Waals surface area contributed by atoms with Crippen LogP contribution >= 0.6 is 46.6 Å². The van der Waals surface area contributed by atoms with Gasteiger partial charge in [0, 0.05) is 5.02 Å². The molecule has 0 radical (unpaired) electrons. The summed E-state index contributed by atoms with van der Waals surface area (Å²) in [6.07, 6.45) is 0. The molecule has 0 fully saturated rings. The van der Waals surface area contributed by atoms with E-state index in [9.17, 15) is 9.90 Å². The number of rotatable bonds is 5. The van der Waals surface area contributed by atoms with Crippen molar-refractivity contribution in [1.29, 1.82) is 0 Å². The van der Waals surface area contributed by atoms with Gasteiger partial charge in [0.15, 0.2) is 11.0 Å². The monoisotopic (exact) mass is 367 g/mol. The predicted octanol–water partition coefficient (Wildman–Crippen LogP) is 2.90. The standard InChI is InChI=1S/C11H8Cl3N3O3S/c12-5-1-6(13)10(7(14)2-5)17-8(3-18)15-16-11(17)21-4-9(19)20/h1-2,18H,3-4H2,(H,19,20). The fourth-order valence-electron chi connectivity index (χ4n) is 1.60. The molecule has 2 rings (SSSR count). The van der Waals surface area contributed by atoms with E-state index in [-0.39, 0.29) is 26.8 Å². The van der Waals surface area contributed by atoms with E-state index in [0.717, 1.165) is 11.8 Å². The van der Waals surface area contributed by atoms with Gasteiger partial charge < -0.3 is 10.2 Å². The number of halogens is 3. The van der Waals surface area contributed by atoms with Crippen molar-refractivity contribution < 1.29 is 15.0 Å². The Morgan fingerprint density at radius 2 is 1.86 bits per heavy atom. The summed E-state index contributed by atoms with van der Waals surface area (Å²) in [5, 5.41) is 26.8. The van der Waals surface area contributed by atoms with Gasteiger partial charge >= 0.3 is 5.97 Å². The summed E-state index contributed by atoms with van der Waals surface area (Å²) in [7, 11) is 0. The molecule has 0 atom stereocenters. The number of hydrogen-bond acceptors (Lipinski definition) is 5. The van der Waals surface area contributed by atoms with Crippen LogP contribution in [0.2, 0.25) is 15.1 Å². The average molecular weight is 369 g/mol. The molecule has 2 N–H and O–H groups in total. The molecule has 21 heavy (non-hydrogen) atoms. The maximum absolute atomic E-state index is 10.7. The third-order valence-electron chi connectivity index (χ3n) is 2.37. The normalized spacial score (nSPS) is 10.9. The number of aliphatic hydroxyl groups is 1. The van der Waals surface area contributed by atoms with Crippen LogP contribution < -0.4 is 0 Å². The van der Waals surface area contributed by atoms with Gasteiger partial charge in [-0.15, -0.1) is 10.2 Å². The van der Waals surface area contributed by atoms with E-state index >= 15 is 0 Å². The van der Waals surface area contributed by atoms with Crippen LogP contribution in [0, 0.1) is 0 Å². The molecule has 6 nitrogen and oxygen atoms in total. The minimum absolute atomic E-state index is 0.189. The zero-order valence-electron chi connectivity index (χ0n) is 10.3. The second-order valence-electron chi connectivity index (χ2n) is 3.79. The molecule has 0 saturated carbocycles. The van der Waals surface area contributed by atoms with E-state index in [1.54, 1.807) is 0 Å². The van der Waals surface area contributed by atoms with Gasteiger partial charge in [-0.25, -0.2) is 0 Å². The van der Waals surface area contributed by atoms with Crippen molar-refractivity contribution in [3.8, 4) is 5.69 Å². The Morgan fingerprint density at radius 3 is 2.38 bits per heavy atom. The summed E-state index contributed by atoms with van der Waals surface area (Å²) in [5.74, 6) is -1.03. The summed E-state index contributed by atoms with van der Waals surface area (Å²) in [4.78, 5) is 10.7. The predicted molar refractivity (Wildman–Crippen MR) is 80.7 cm³/mol. The number of aromatic nitrogens is 3. The van der Waals surface area contributed by atoms with Crippen LogP contribution in [0.4, 0.5) is 0 Å². The molecule has 1 aromatic carbocycles. The summed E-state index contributed by atoms with van der Waals surface area (Å²) in [6.45, 7) is -0.407. The maximum atomic E-state index is 10.7. The number of nitrogens with zero attached hydrogens (tertiary/aromatic N) is 3. The van der Waals surface area contributed by atoms with Crippen molar-refractivity contribution in [2.45, 2.75) is 11.8 Å². The second-order valence-corrected chi connectivity index (χ2v) is 5.99. The number of carboxylic acids is 1. The zero-order chi connectivity index (χ0) is 15.6. The molecular weight excluding hydrogens is 361 g/mol. The molecule has 0 amide bonds. The van der Waals surface area contributed by atoms with Gasteiger partial charge in [-0.3, -0.25) is 9.36 Å². The van der Waals surface area contributed by atoms with Crippen molar-refractivity contribution in [3.63, 3.8) is 0 Å². The maximum Gasteiger partial charge on any atom is 0.313 e. The lowest BCUT2D eigenvalue weighted by molar-refractivity contribution is -0.133. The summed E-state index contributed by atoms with van der Waals surface area (Å²) >= 11 is 19.1. The summed E-state index contributed by atoms with van der Waals surface area (Å²) in [5.41, 5.74) is 0.338. The van der Waals surface area contributed by atoms with Crippen LogP contribution in [-0.2, 0) is 11.4 Å². The largest absolute Gasteiger partial charge is 0.481 e. The Kier molecular flexibility index (Phi) is 5.34. The molecule has 112 valence electrons. The fraction of sp³-hybridized carbons (Fsp3) is 0.182. The Balaban J connectivity index is 2.56. The topological polar surface area (TPSA) is 88.2 Å². The van der Waals surface area contributed by atoms with Crippen LogP contribution in [0.1, 0.15) is 5.82 Å². The number of carbonyl (C=O) groups is 1. The SMILES string of the molecule is O=C(O)CSc1nnc(CO)n1-c1c(Cl)cc(Cl)cc1Cl. The first-order valence-electron chi connectivity index (χ1n) is 5.48. The number of aliphatic carboxylic acids is 1. The quantitative estimate of drug-likeness (QED) is 0.789. The number of thioether (sulfide) groups is 1. The number of benzene rings is 1. The Hall–Kier alpha value is -0.990. The lowest BCUT2D eigenvalue weighted by Crippen LogP contribution is -2.06. The lowest BCUT2D eigenvalue weighted by atomic mass is 10.3. The molecular formula is C11H8Cl3N3O3S. The van der Waals surface area contributed by atoms with Crippen molar-refractivity contribution in [1.82, 2.24) is 14.8 Å². The number of aliphatic hydroxyl groups excluding tert-OH is 1. The molecule has 0 aliphatic heterocycles. The van der Waals surface area contributed by atoms with Crippen molar-refractivity contribution >= 4 is 52.5 Å². The minimum Gasteiger partial charge on any atom is -0.481 e. The van der Waals surface area contributed by atoms with Gasteiger partial charge in [-0.1, -0.05) is 46.6 Å². The first-order chi connectivity index (χ1) is 9.93. The van der Waals surface area contributed by atoms with E-state index in [1.807, 2.05) is 0 Å². The summed E-state index contributed by atoms with van der Waals surface area (Å²) in [6, 6.07) is 2.97. The van der Waals surface area contributed by atoms with Crippen molar-refractivity contribution in [2.24, 2.45) is 0 Å². The van der Waals surface area contributed by atoms with Crippen LogP contribution in [0.25, 0.3) is 5.69 Å². The van der Waals surface area contributed by atoms with Gasteiger partial charge in [0.1, 0.15) is 6.61 Å². The van der Waals surface area contributed by atoms with E-state index in [2.05, 4.69) is 10.2 Å². The molecule has 0 spiro atoms. The third kappa shape index (κ3) is 3.61. The third-order valence-corrected chi connectivity index (χ3v) is 4.08. The average Bonchev–Trinajstić information content (AvgIpc) is 2.78. The molecule has 0 aliphatic carbocycles. The van der Waals surface area contributed by atoms with Crippen molar-refractivity contribution in [2.75, 3.05) is 5.75 Å². The van der Waals surface area contributed by atoms with E-state index in [1.165, 1.54) is 16.7 Å². The highest BCUT2D eigenvalue weighted by Gasteiger charge is 2.20. The minimum atomic E-state index is -1.01. The summed E-state index contributed by atoms with van der Waals surface area (Å²) < 4.78 is 1.41. The molecule has 10 heteroatoms. The molecule has 2 aromatic rings. The van der Waals surface area contributed by atoms with Gasteiger partial charge in [-0.05, 0) is 12.1 Å². The molecule has 1 aromatic heterocycles. The van der Waals surface area contributed by atoms with Crippen LogP contribution in [-0.4, -0.2) is 36.7 Å². The molecule has 0 saturated heterocycles. The Bertz CT molecular complexity index is 670.